The molecule has 0 aromatic carbocycles. The lowest BCUT2D eigenvalue weighted by molar-refractivity contribution is -0.140. The van der Waals surface area contributed by atoms with Gasteiger partial charge in [0.2, 0.25) is 0 Å². The summed E-state index contributed by atoms with van der Waals surface area (Å²) in [6.07, 6.45) is 5.97. The third-order valence-electron chi connectivity index (χ3n) is 4.04. The molecular formula is C14H21NO3. The molecular weight excluding hydrogens is 230 g/mol. The first-order valence-electron chi connectivity index (χ1n) is 6.84. The monoisotopic (exact) mass is 251 g/mol. The molecule has 1 spiro atoms. The summed E-state index contributed by atoms with van der Waals surface area (Å²) in [4.78, 5) is 0. The highest BCUT2D eigenvalue weighted by Gasteiger charge is 2.38. The molecule has 0 amide bonds. The van der Waals surface area contributed by atoms with Crippen LogP contribution in [0.1, 0.15) is 31.4 Å². The summed E-state index contributed by atoms with van der Waals surface area (Å²) in [6, 6.07) is 4.47. The van der Waals surface area contributed by atoms with E-state index in [1.165, 1.54) is 0 Å². The number of hydrogen-bond acceptors (Lipinski definition) is 4. The van der Waals surface area contributed by atoms with Gasteiger partial charge in [0.15, 0.2) is 0 Å². The fraction of sp³-hybridized carbons (Fsp3) is 0.714. The highest BCUT2D eigenvalue weighted by atomic mass is 16.5. The number of rotatable bonds is 3. The average molecular weight is 251 g/mol. The van der Waals surface area contributed by atoms with E-state index in [9.17, 15) is 0 Å². The quantitative estimate of drug-likeness (QED) is 0.893. The van der Waals surface area contributed by atoms with Crippen molar-refractivity contribution in [3.05, 3.63) is 24.2 Å². The van der Waals surface area contributed by atoms with Crippen molar-refractivity contribution in [1.82, 2.24) is 5.32 Å². The second-order valence-electron chi connectivity index (χ2n) is 5.29. The molecule has 0 saturated carbocycles. The third kappa shape index (κ3) is 2.76. The Labute approximate surface area is 108 Å². The molecule has 1 aromatic heterocycles. The minimum Gasteiger partial charge on any atom is -0.468 e. The molecule has 3 rings (SSSR count). The van der Waals surface area contributed by atoms with Crippen molar-refractivity contribution in [3.63, 3.8) is 0 Å². The predicted octanol–water partition coefficient (Wildman–Crippen LogP) is 2.10. The summed E-state index contributed by atoms with van der Waals surface area (Å²) in [5.41, 5.74) is 0.0668. The molecule has 2 fully saturated rings. The van der Waals surface area contributed by atoms with Crippen LogP contribution >= 0.6 is 0 Å². The maximum absolute atomic E-state index is 6.03. The summed E-state index contributed by atoms with van der Waals surface area (Å²) in [6.45, 7) is 3.34. The van der Waals surface area contributed by atoms with E-state index < -0.39 is 0 Å². The van der Waals surface area contributed by atoms with E-state index in [1.54, 1.807) is 6.26 Å². The molecule has 0 radical (unpaired) electrons. The summed E-state index contributed by atoms with van der Waals surface area (Å²) < 4.78 is 16.8. The first-order chi connectivity index (χ1) is 8.86. The number of hydrogen-bond donors (Lipinski definition) is 1. The van der Waals surface area contributed by atoms with Gasteiger partial charge >= 0.3 is 0 Å². The molecule has 4 heteroatoms. The van der Waals surface area contributed by atoms with Gasteiger partial charge in [0.1, 0.15) is 5.76 Å². The van der Waals surface area contributed by atoms with Crippen molar-refractivity contribution in [2.24, 2.45) is 0 Å². The van der Waals surface area contributed by atoms with Gasteiger partial charge < -0.3 is 19.2 Å². The Bertz CT molecular complexity index is 352. The smallest absolute Gasteiger partial charge is 0.117 e. The van der Waals surface area contributed by atoms with Crippen molar-refractivity contribution in [2.75, 3.05) is 19.8 Å². The van der Waals surface area contributed by atoms with E-state index in [2.05, 4.69) is 5.32 Å². The maximum Gasteiger partial charge on any atom is 0.117 e. The van der Waals surface area contributed by atoms with Crippen LogP contribution in [-0.4, -0.2) is 31.5 Å². The van der Waals surface area contributed by atoms with Crippen LogP contribution < -0.4 is 5.32 Å². The summed E-state index contributed by atoms with van der Waals surface area (Å²) in [7, 11) is 0. The topological polar surface area (TPSA) is 43.6 Å². The van der Waals surface area contributed by atoms with Crippen LogP contribution in [0.5, 0.6) is 0 Å². The molecule has 2 saturated heterocycles. The minimum atomic E-state index is 0.0668. The normalized spacial score (nSPS) is 27.4. The lowest BCUT2D eigenvalue weighted by Crippen LogP contribution is -2.49. The van der Waals surface area contributed by atoms with E-state index in [1.807, 2.05) is 12.1 Å². The Morgan fingerprint density at radius 3 is 2.94 bits per heavy atom. The van der Waals surface area contributed by atoms with Crippen molar-refractivity contribution < 1.29 is 13.9 Å². The van der Waals surface area contributed by atoms with Crippen LogP contribution in [0, 0.1) is 0 Å². The third-order valence-corrected chi connectivity index (χ3v) is 4.04. The molecule has 0 bridgehead atoms. The second-order valence-corrected chi connectivity index (χ2v) is 5.29. The standard InChI is InChI=1S/C14H21NO3/c1-2-13(17-6-1)11-15-12-3-7-18-14(10-12)4-8-16-9-5-14/h1-2,6,12,15H,3-5,7-11H2. The van der Waals surface area contributed by atoms with Crippen LogP contribution in [-0.2, 0) is 16.0 Å². The van der Waals surface area contributed by atoms with Crippen molar-refractivity contribution in [1.29, 1.82) is 0 Å². The fourth-order valence-corrected chi connectivity index (χ4v) is 2.95. The minimum absolute atomic E-state index is 0.0668. The zero-order valence-electron chi connectivity index (χ0n) is 10.7. The van der Waals surface area contributed by atoms with Crippen molar-refractivity contribution >= 4 is 0 Å². The lowest BCUT2D eigenvalue weighted by atomic mass is 9.84. The highest BCUT2D eigenvalue weighted by molar-refractivity contribution is 4.99. The van der Waals surface area contributed by atoms with Gasteiger partial charge in [-0.2, -0.15) is 0 Å². The first kappa shape index (κ1) is 12.2. The van der Waals surface area contributed by atoms with Gasteiger partial charge in [0, 0.05) is 25.9 Å². The summed E-state index contributed by atoms with van der Waals surface area (Å²) >= 11 is 0. The van der Waals surface area contributed by atoms with Gasteiger partial charge in [-0.15, -0.1) is 0 Å². The molecule has 1 atom stereocenters. The van der Waals surface area contributed by atoms with E-state index in [-0.39, 0.29) is 5.60 Å². The Kier molecular flexibility index (Phi) is 3.68. The van der Waals surface area contributed by atoms with E-state index in [0.717, 1.165) is 57.8 Å². The number of nitrogens with one attached hydrogen (secondary N) is 1. The zero-order chi connectivity index (χ0) is 12.3. The van der Waals surface area contributed by atoms with Crippen LogP contribution in [0.2, 0.25) is 0 Å². The Balaban J connectivity index is 1.53. The Morgan fingerprint density at radius 1 is 1.28 bits per heavy atom. The molecule has 18 heavy (non-hydrogen) atoms. The molecule has 1 unspecified atom stereocenters. The van der Waals surface area contributed by atoms with Gasteiger partial charge in [-0.1, -0.05) is 0 Å². The van der Waals surface area contributed by atoms with Gasteiger partial charge in [-0.05, 0) is 37.8 Å². The molecule has 2 aliphatic heterocycles. The summed E-state index contributed by atoms with van der Waals surface area (Å²) in [5.74, 6) is 1.00. The van der Waals surface area contributed by atoms with Crippen molar-refractivity contribution in [2.45, 2.75) is 43.9 Å². The van der Waals surface area contributed by atoms with Gasteiger partial charge in [-0.3, -0.25) is 0 Å². The lowest BCUT2D eigenvalue weighted by Gasteiger charge is -2.43. The van der Waals surface area contributed by atoms with Crippen LogP contribution in [0.15, 0.2) is 22.8 Å². The summed E-state index contributed by atoms with van der Waals surface area (Å²) in [5, 5.41) is 3.58. The van der Waals surface area contributed by atoms with E-state index in [0.29, 0.717) is 6.04 Å². The SMILES string of the molecule is c1coc(CNC2CCOC3(CCOCC3)C2)c1. The van der Waals surface area contributed by atoms with Crippen LogP contribution in [0.4, 0.5) is 0 Å². The van der Waals surface area contributed by atoms with E-state index in [4.69, 9.17) is 13.9 Å². The molecule has 100 valence electrons. The van der Waals surface area contributed by atoms with E-state index >= 15 is 0 Å². The predicted molar refractivity (Wildman–Crippen MR) is 67.3 cm³/mol. The first-order valence-corrected chi connectivity index (χ1v) is 6.84. The van der Waals surface area contributed by atoms with Crippen molar-refractivity contribution in [3.8, 4) is 0 Å². The number of furan rings is 1. The van der Waals surface area contributed by atoms with Crippen LogP contribution in [0.3, 0.4) is 0 Å². The largest absolute Gasteiger partial charge is 0.468 e. The van der Waals surface area contributed by atoms with Crippen LogP contribution in [0.25, 0.3) is 0 Å². The average Bonchev–Trinajstić information content (AvgIpc) is 2.91. The Hall–Kier alpha value is -0.840. The zero-order valence-corrected chi connectivity index (χ0v) is 10.7. The van der Waals surface area contributed by atoms with Gasteiger partial charge in [-0.25, -0.2) is 0 Å². The molecule has 1 aromatic rings. The molecule has 0 aliphatic carbocycles. The molecule has 3 heterocycles. The fourth-order valence-electron chi connectivity index (χ4n) is 2.95. The Morgan fingerprint density at radius 2 is 2.17 bits per heavy atom. The number of ether oxygens (including phenoxy) is 2. The molecule has 1 N–H and O–H groups in total. The second kappa shape index (κ2) is 5.43. The maximum atomic E-state index is 6.03. The van der Waals surface area contributed by atoms with Gasteiger partial charge in [0.25, 0.3) is 0 Å². The molecule has 4 nitrogen and oxygen atoms in total. The van der Waals surface area contributed by atoms with Gasteiger partial charge in [0.05, 0.1) is 18.4 Å². The highest BCUT2D eigenvalue weighted by Crippen LogP contribution is 2.34. The molecule has 2 aliphatic rings.